The van der Waals surface area contributed by atoms with Gasteiger partial charge in [0, 0.05) is 5.69 Å². The molecule has 0 radical (unpaired) electrons. The highest BCUT2D eigenvalue weighted by Gasteiger charge is 2.45. The van der Waals surface area contributed by atoms with Crippen LogP contribution in [0.2, 0.25) is 0 Å². The lowest BCUT2D eigenvalue weighted by Gasteiger charge is -2.12. The molecule has 1 aromatic rings. The van der Waals surface area contributed by atoms with Crippen molar-refractivity contribution < 1.29 is 22.4 Å². The second kappa shape index (κ2) is 4.51. The summed E-state index contributed by atoms with van der Waals surface area (Å²) in [6, 6.07) is 5.99. The first-order valence-corrected chi connectivity index (χ1v) is 4.39. The normalized spacial score (nSPS) is 13.3. The molecule has 0 fully saturated rings. The predicted molar refractivity (Wildman–Crippen MR) is 50.8 cm³/mol. The second-order valence-electron chi connectivity index (χ2n) is 3.26. The van der Waals surface area contributed by atoms with E-state index in [4.69, 9.17) is 0 Å². The van der Waals surface area contributed by atoms with Crippen LogP contribution in [0.1, 0.15) is 5.56 Å². The maximum absolute atomic E-state index is 12.5. The van der Waals surface area contributed by atoms with Gasteiger partial charge in [0.1, 0.15) is 0 Å². The number of halogens is 4. The van der Waals surface area contributed by atoms with Crippen LogP contribution in [0.3, 0.4) is 0 Å². The Morgan fingerprint density at radius 3 is 2.19 bits per heavy atom. The van der Waals surface area contributed by atoms with E-state index in [2.05, 4.69) is 0 Å². The van der Waals surface area contributed by atoms with Gasteiger partial charge in [0.05, 0.1) is 0 Å². The van der Waals surface area contributed by atoms with Crippen LogP contribution in [-0.4, -0.2) is 18.3 Å². The summed E-state index contributed by atoms with van der Waals surface area (Å²) in [6.07, 6.45) is -8.68. The van der Waals surface area contributed by atoms with Gasteiger partial charge in [0.2, 0.25) is 0 Å². The van der Waals surface area contributed by atoms with Gasteiger partial charge >= 0.3 is 6.18 Å². The van der Waals surface area contributed by atoms with Gasteiger partial charge in [-0.05, 0) is 19.1 Å². The zero-order valence-electron chi connectivity index (χ0n) is 8.31. The molecule has 1 rings (SSSR count). The summed E-state index contributed by atoms with van der Waals surface area (Å²) in [5.74, 6) is -1.71. The van der Waals surface area contributed by atoms with Gasteiger partial charge in [0.25, 0.3) is 12.1 Å². The second-order valence-corrected chi connectivity index (χ2v) is 3.26. The molecule has 1 atom stereocenters. The van der Waals surface area contributed by atoms with E-state index in [1.165, 1.54) is 12.1 Å². The highest BCUT2D eigenvalue weighted by molar-refractivity contribution is 5.94. The molecule has 88 valence electrons. The van der Waals surface area contributed by atoms with Crippen molar-refractivity contribution in [3.8, 4) is 0 Å². The number of benzene rings is 1. The number of aryl methyl sites for hydroxylation is 1. The zero-order chi connectivity index (χ0) is 12.3. The molecule has 0 saturated carbocycles. The van der Waals surface area contributed by atoms with Gasteiger partial charge in [0.15, 0.2) is 0 Å². The third-order valence-corrected chi connectivity index (χ3v) is 1.84. The van der Waals surface area contributed by atoms with Gasteiger partial charge in [-0.3, -0.25) is 4.79 Å². The number of rotatable bonds is 2. The molecule has 0 aliphatic carbocycles. The molecular weight excluding hydrogens is 226 g/mol. The largest absolute Gasteiger partial charge is 0.428 e. The molecule has 1 amide bonds. The molecule has 1 unspecified atom stereocenters. The summed E-state index contributed by atoms with van der Waals surface area (Å²) in [5.41, 5.74) is 1.01. The number of hydrogen-bond donors (Lipinski definition) is 1. The molecule has 2 nitrogen and oxygen atoms in total. The van der Waals surface area contributed by atoms with Crippen LogP contribution in [-0.2, 0) is 4.79 Å². The van der Waals surface area contributed by atoms with Gasteiger partial charge in [-0.1, -0.05) is 17.7 Å². The summed E-state index contributed by atoms with van der Waals surface area (Å²) >= 11 is 0. The lowest BCUT2D eigenvalue weighted by atomic mass is 10.2. The number of alkyl halides is 4. The van der Waals surface area contributed by atoms with Crippen LogP contribution in [0.5, 0.6) is 0 Å². The standard InChI is InChI=1S/C10H9F4NO/c1-6-2-4-7(5-3-6)15-9(16)8(11)10(12,13)14/h2-5,8H,1H3,(H,15,16). The molecule has 0 spiro atoms. The molecule has 0 saturated heterocycles. The fourth-order valence-corrected chi connectivity index (χ4v) is 0.991. The summed E-state index contributed by atoms with van der Waals surface area (Å²) in [6.45, 7) is 1.78. The first kappa shape index (κ1) is 12.5. The molecule has 1 N–H and O–H groups in total. The van der Waals surface area contributed by atoms with E-state index in [-0.39, 0.29) is 5.69 Å². The van der Waals surface area contributed by atoms with Crippen LogP contribution in [0.25, 0.3) is 0 Å². The monoisotopic (exact) mass is 235 g/mol. The zero-order valence-corrected chi connectivity index (χ0v) is 8.31. The van der Waals surface area contributed by atoms with E-state index in [1.807, 2.05) is 5.32 Å². The van der Waals surface area contributed by atoms with Crippen molar-refractivity contribution in [2.24, 2.45) is 0 Å². The maximum atomic E-state index is 12.5. The highest BCUT2D eigenvalue weighted by Crippen LogP contribution is 2.24. The summed E-state index contributed by atoms with van der Waals surface area (Å²) in [4.78, 5) is 10.8. The Morgan fingerprint density at radius 1 is 1.25 bits per heavy atom. The first-order chi connectivity index (χ1) is 7.30. The average Bonchev–Trinajstić information content (AvgIpc) is 2.19. The van der Waals surface area contributed by atoms with Gasteiger partial charge in [-0.2, -0.15) is 13.2 Å². The van der Waals surface area contributed by atoms with Crippen LogP contribution in [0.15, 0.2) is 24.3 Å². The Morgan fingerprint density at radius 2 is 1.75 bits per heavy atom. The highest BCUT2D eigenvalue weighted by atomic mass is 19.4. The number of carbonyl (C=O) groups excluding carboxylic acids is 1. The van der Waals surface area contributed by atoms with E-state index >= 15 is 0 Å². The van der Waals surface area contributed by atoms with Gasteiger partial charge in [-0.25, -0.2) is 4.39 Å². The van der Waals surface area contributed by atoms with Crippen molar-refractivity contribution in [3.05, 3.63) is 29.8 Å². The van der Waals surface area contributed by atoms with E-state index < -0.39 is 18.3 Å². The number of anilines is 1. The van der Waals surface area contributed by atoms with E-state index in [9.17, 15) is 22.4 Å². The number of carbonyl (C=O) groups is 1. The summed E-state index contributed by atoms with van der Waals surface area (Å²) in [7, 11) is 0. The molecule has 6 heteroatoms. The summed E-state index contributed by atoms with van der Waals surface area (Å²) in [5, 5.41) is 1.84. The van der Waals surface area contributed by atoms with Gasteiger partial charge in [-0.15, -0.1) is 0 Å². The van der Waals surface area contributed by atoms with Gasteiger partial charge < -0.3 is 5.32 Å². The minimum absolute atomic E-state index is 0.127. The van der Waals surface area contributed by atoms with Crippen LogP contribution >= 0.6 is 0 Å². The molecule has 16 heavy (non-hydrogen) atoms. The smallest absolute Gasteiger partial charge is 0.323 e. The number of nitrogens with one attached hydrogen (secondary N) is 1. The molecular formula is C10H9F4NO. The Hall–Kier alpha value is -1.59. The molecule has 1 aromatic carbocycles. The Balaban J connectivity index is 2.68. The van der Waals surface area contributed by atoms with Crippen LogP contribution < -0.4 is 5.32 Å². The fraction of sp³-hybridized carbons (Fsp3) is 0.300. The molecule has 0 aliphatic heterocycles. The van der Waals surface area contributed by atoms with E-state index in [0.29, 0.717) is 0 Å². The fourth-order valence-electron chi connectivity index (χ4n) is 0.991. The first-order valence-electron chi connectivity index (χ1n) is 4.39. The van der Waals surface area contributed by atoms with Crippen molar-refractivity contribution in [2.45, 2.75) is 19.3 Å². The predicted octanol–water partition coefficient (Wildman–Crippen LogP) is 2.83. The maximum Gasteiger partial charge on any atom is 0.428 e. The summed E-state index contributed by atoms with van der Waals surface area (Å²) < 4.78 is 48.0. The minimum atomic E-state index is -5.17. The Kier molecular flexibility index (Phi) is 3.51. The van der Waals surface area contributed by atoms with Crippen molar-refractivity contribution >= 4 is 11.6 Å². The van der Waals surface area contributed by atoms with Crippen molar-refractivity contribution in [1.82, 2.24) is 0 Å². The molecule has 0 heterocycles. The lowest BCUT2D eigenvalue weighted by Crippen LogP contribution is -2.36. The molecule has 0 aromatic heterocycles. The topological polar surface area (TPSA) is 29.1 Å². The molecule has 0 bridgehead atoms. The van der Waals surface area contributed by atoms with E-state index in [0.717, 1.165) is 5.56 Å². The quantitative estimate of drug-likeness (QED) is 0.784. The SMILES string of the molecule is Cc1ccc(NC(=O)C(F)C(F)(F)F)cc1. The van der Waals surface area contributed by atoms with Crippen LogP contribution in [0.4, 0.5) is 23.2 Å². The lowest BCUT2D eigenvalue weighted by molar-refractivity contribution is -0.183. The van der Waals surface area contributed by atoms with Crippen molar-refractivity contribution in [2.75, 3.05) is 5.32 Å². The number of amides is 1. The minimum Gasteiger partial charge on any atom is -0.323 e. The Labute approximate surface area is 89.3 Å². The van der Waals surface area contributed by atoms with Crippen molar-refractivity contribution in [3.63, 3.8) is 0 Å². The Bertz CT molecular complexity index is 371. The number of hydrogen-bond acceptors (Lipinski definition) is 1. The molecule has 0 aliphatic rings. The van der Waals surface area contributed by atoms with E-state index in [1.54, 1.807) is 19.1 Å². The third kappa shape index (κ3) is 3.22. The van der Waals surface area contributed by atoms with Crippen LogP contribution in [0, 0.1) is 6.92 Å². The van der Waals surface area contributed by atoms with Crippen molar-refractivity contribution in [1.29, 1.82) is 0 Å². The third-order valence-electron chi connectivity index (χ3n) is 1.84. The average molecular weight is 235 g/mol.